The molecular weight excluding hydrogens is 292 g/mol. The first kappa shape index (κ1) is 20.2. The normalized spacial score (nSPS) is 21.9. The molecule has 23 heavy (non-hydrogen) atoms. The molecule has 1 aliphatic carbocycles. The van der Waals surface area contributed by atoms with Gasteiger partial charge in [0.05, 0.1) is 6.61 Å². The Morgan fingerprint density at radius 1 is 1.35 bits per heavy atom. The topological polar surface area (TPSA) is 59.6 Å². The Bertz CT molecular complexity index is 364. The van der Waals surface area contributed by atoms with Crippen LogP contribution in [0.3, 0.4) is 0 Å². The highest BCUT2D eigenvalue weighted by Gasteiger charge is 2.35. The quantitative estimate of drug-likeness (QED) is 0.670. The fraction of sp³-hybridized carbons (Fsp3) is 0.944. The molecule has 1 aliphatic rings. The lowest BCUT2D eigenvalue weighted by Crippen LogP contribution is -2.46. The summed E-state index contributed by atoms with van der Waals surface area (Å²) in [5, 5.41) is 6.58. The first-order valence-corrected chi connectivity index (χ1v) is 8.86. The maximum atomic E-state index is 11.6. The van der Waals surface area contributed by atoms with Crippen molar-refractivity contribution in [3.05, 3.63) is 0 Å². The molecule has 1 amide bonds. The van der Waals surface area contributed by atoms with Crippen LogP contribution in [0.1, 0.15) is 66.7 Å². The number of rotatable bonds is 8. The second-order valence-corrected chi connectivity index (χ2v) is 8.32. The highest BCUT2D eigenvalue weighted by Crippen LogP contribution is 2.37. The molecule has 0 spiro atoms. The van der Waals surface area contributed by atoms with Crippen LogP contribution < -0.4 is 10.6 Å². The molecule has 0 aromatic carbocycles. The van der Waals surface area contributed by atoms with Crippen molar-refractivity contribution >= 4 is 6.09 Å². The van der Waals surface area contributed by atoms with E-state index < -0.39 is 5.60 Å². The third-order valence-corrected chi connectivity index (χ3v) is 4.46. The third-order valence-electron chi connectivity index (χ3n) is 4.46. The largest absolute Gasteiger partial charge is 0.444 e. The van der Waals surface area contributed by atoms with E-state index in [1.807, 2.05) is 20.8 Å². The summed E-state index contributed by atoms with van der Waals surface area (Å²) in [7, 11) is 1.74. The van der Waals surface area contributed by atoms with E-state index in [2.05, 4.69) is 24.5 Å². The summed E-state index contributed by atoms with van der Waals surface area (Å²) in [6, 6.07) is 0.893. The number of hydrogen-bond acceptors (Lipinski definition) is 4. The minimum absolute atomic E-state index is 0.336. The van der Waals surface area contributed by atoms with E-state index in [0.717, 1.165) is 12.8 Å². The summed E-state index contributed by atoms with van der Waals surface area (Å²) in [4.78, 5) is 11.6. The van der Waals surface area contributed by atoms with Gasteiger partial charge in [-0.25, -0.2) is 4.79 Å². The second-order valence-electron chi connectivity index (χ2n) is 8.32. The molecule has 0 aromatic rings. The summed E-state index contributed by atoms with van der Waals surface area (Å²) in [6.45, 7) is 11.6. The van der Waals surface area contributed by atoms with E-state index in [1.54, 1.807) is 7.11 Å². The molecule has 0 heterocycles. The molecule has 136 valence electrons. The van der Waals surface area contributed by atoms with Crippen LogP contribution in [0.25, 0.3) is 0 Å². The molecule has 0 aromatic heterocycles. The van der Waals surface area contributed by atoms with E-state index in [4.69, 9.17) is 9.47 Å². The first-order valence-electron chi connectivity index (χ1n) is 8.86. The molecule has 0 aliphatic heterocycles. The van der Waals surface area contributed by atoms with Crippen LogP contribution in [0, 0.1) is 5.41 Å². The van der Waals surface area contributed by atoms with E-state index in [1.165, 1.54) is 19.3 Å². The average molecular weight is 328 g/mol. The molecule has 0 saturated heterocycles. The average Bonchev–Trinajstić information content (AvgIpc) is 2.72. The number of ether oxygens (including phenoxy) is 2. The minimum Gasteiger partial charge on any atom is -0.444 e. The minimum atomic E-state index is -0.446. The van der Waals surface area contributed by atoms with Gasteiger partial charge in [0, 0.05) is 25.7 Å². The highest BCUT2D eigenvalue weighted by atomic mass is 16.6. The van der Waals surface area contributed by atoms with Gasteiger partial charge in [0.25, 0.3) is 0 Å². The van der Waals surface area contributed by atoms with Crippen LogP contribution in [0.4, 0.5) is 4.79 Å². The van der Waals surface area contributed by atoms with Crippen LogP contribution in [0.5, 0.6) is 0 Å². The lowest BCUT2D eigenvalue weighted by atomic mass is 9.87. The number of amides is 1. The third kappa shape index (κ3) is 8.02. The van der Waals surface area contributed by atoms with Crippen molar-refractivity contribution in [2.24, 2.45) is 5.41 Å². The fourth-order valence-electron chi connectivity index (χ4n) is 3.19. The Balaban J connectivity index is 2.29. The summed E-state index contributed by atoms with van der Waals surface area (Å²) >= 11 is 0. The van der Waals surface area contributed by atoms with Gasteiger partial charge in [-0.3, -0.25) is 0 Å². The number of alkyl carbamates (subject to hydrolysis) is 1. The molecule has 2 unspecified atom stereocenters. The van der Waals surface area contributed by atoms with Crippen molar-refractivity contribution in [1.29, 1.82) is 0 Å². The fourth-order valence-corrected chi connectivity index (χ4v) is 3.19. The van der Waals surface area contributed by atoms with Crippen molar-refractivity contribution in [1.82, 2.24) is 10.6 Å². The molecule has 0 radical (unpaired) electrons. The zero-order valence-electron chi connectivity index (χ0n) is 15.8. The second kappa shape index (κ2) is 8.88. The molecule has 5 heteroatoms. The Morgan fingerprint density at radius 3 is 2.57 bits per heavy atom. The predicted molar refractivity (Wildman–Crippen MR) is 93.7 cm³/mol. The van der Waals surface area contributed by atoms with Gasteiger partial charge in [-0.15, -0.1) is 0 Å². The Hall–Kier alpha value is -0.810. The Labute approximate surface area is 141 Å². The lowest BCUT2D eigenvalue weighted by molar-refractivity contribution is 0.0525. The van der Waals surface area contributed by atoms with E-state index in [0.29, 0.717) is 30.7 Å². The lowest BCUT2D eigenvalue weighted by Gasteiger charge is -2.32. The Kier molecular flexibility index (Phi) is 7.81. The van der Waals surface area contributed by atoms with Crippen molar-refractivity contribution in [2.75, 3.05) is 20.3 Å². The maximum Gasteiger partial charge on any atom is 0.407 e. The SMILES string of the molecule is COCC(CCCNC(=O)OC(C)(C)C)NC1CCCC1(C)C. The van der Waals surface area contributed by atoms with Crippen molar-refractivity contribution in [3.8, 4) is 0 Å². The van der Waals surface area contributed by atoms with Crippen molar-refractivity contribution < 1.29 is 14.3 Å². The van der Waals surface area contributed by atoms with E-state index >= 15 is 0 Å². The molecule has 1 saturated carbocycles. The van der Waals surface area contributed by atoms with Crippen molar-refractivity contribution in [2.45, 2.75) is 84.4 Å². The van der Waals surface area contributed by atoms with Crippen LogP contribution in [0.2, 0.25) is 0 Å². The van der Waals surface area contributed by atoms with Crippen molar-refractivity contribution in [3.63, 3.8) is 0 Å². The summed E-state index contributed by atoms with van der Waals surface area (Å²) in [5.74, 6) is 0. The van der Waals surface area contributed by atoms with E-state index in [-0.39, 0.29) is 6.09 Å². The van der Waals surface area contributed by atoms with Crippen LogP contribution in [-0.4, -0.2) is 44.0 Å². The van der Waals surface area contributed by atoms with Gasteiger partial charge in [-0.1, -0.05) is 20.3 Å². The van der Waals surface area contributed by atoms with Gasteiger partial charge in [-0.2, -0.15) is 0 Å². The van der Waals surface area contributed by atoms with Gasteiger partial charge in [0.2, 0.25) is 0 Å². The number of hydrogen-bond donors (Lipinski definition) is 2. The summed E-state index contributed by atoms with van der Waals surface area (Å²) in [5.41, 5.74) is -0.0843. The number of methoxy groups -OCH3 is 1. The van der Waals surface area contributed by atoms with Crippen LogP contribution >= 0.6 is 0 Å². The number of carbonyl (C=O) groups is 1. The van der Waals surface area contributed by atoms with Gasteiger partial charge in [-0.05, 0) is 51.9 Å². The van der Waals surface area contributed by atoms with E-state index in [9.17, 15) is 4.79 Å². The molecule has 2 atom stereocenters. The van der Waals surface area contributed by atoms with Gasteiger partial charge in [0.15, 0.2) is 0 Å². The monoisotopic (exact) mass is 328 g/mol. The standard InChI is InChI=1S/C18H36N2O3/c1-17(2,3)23-16(21)19-12-8-9-14(13-22-6)20-15-10-7-11-18(15,4)5/h14-15,20H,7-13H2,1-6H3,(H,19,21). The van der Waals surface area contributed by atoms with Gasteiger partial charge < -0.3 is 20.1 Å². The molecule has 0 bridgehead atoms. The molecule has 2 N–H and O–H groups in total. The summed E-state index contributed by atoms with van der Waals surface area (Å²) < 4.78 is 10.6. The van der Waals surface area contributed by atoms with Gasteiger partial charge in [0.1, 0.15) is 5.60 Å². The highest BCUT2D eigenvalue weighted by molar-refractivity contribution is 5.67. The maximum absolute atomic E-state index is 11.6. The molecular formula is C18H36N2O3. The van der Waals surface area contributed by atoms with Crippen LogP contribution in [-0.2, 0) is 9.47 Å². The smallest absolute Gasteiger partial charge is 0.407 e. The number of nitrogens with one attached hydrogen (secondary N) is 2. The summed E-state index contributed by atoms with van der Waals surface area (Å²) in [6.07, 6.45) is 5.37. The molecule has 1 rings (SSSR count). The molecule has 5 nitrogen and oxygen atoms in total. The Morgan fingerprint density at radius 2 is 2.04 bits per heavy atom. The zero-order valence-corrected chi connectivity index (χ0v) is 15.8. The molecule has 1 fully saturated rings. The van der Waals surface area contributed by atoms with Crippen LogP contribution in [0.15, 0.2) is 0 Å². The predicted octanol–water partition coefficient (Wildman–Crippen LogP) is 3.47. The number of carbonyl (C=O) groups excluding carboxylic acids is 1. The first-order chi connectivity index (χ1) is 10.6. The zero-order chi connectivity index (χ0) is 17.5. The van der Waals surface area contributed by atoms with Gasteiger partial charge >= 0.3 is 6.09 Å².